The number of pyridine rings is 1. The van der Waals surface area contributed by atoms with Gasteiger partial charge in [0.15, 0.2) is 21.5 Å². The average molecular weight is 517 g/mol. The molecule has 0 saturated heterocycles. The molecule has 0 amide bonds. The average Bonchev–Trinajstić information content (AvgIpc) is 3.27. The number of sulfone groups is 1. The third-order valence-corrected chi connectivity index (χ3v) is 8.82. The van der Waals surface area contributed by atoms with Gasteiger partial charge < -0.3 is 18.9 Å². The second-order valence-electron chi connectivity index (χ2n) is 8.76. The van der Waals surface area contributed by atoms with Crippen LogP contribution in [0.2, 0.25) is 0 Å². The van der Waals surface area contributed by atoms with Gasteiger partial charge in [0.25, 0.3) is 0 Å². The molecule has 2 heterocycles. The SMILES string of the molecule is COc1cccc(-c2nnc(CS(=O)(=O)[C@@H](C)[C@@H](OC)C3CCC3)n2-c2c(OC)cccc2OC)n1. The molecule has 1 aromatic carbocycles. The van der Waals surface area contributed by atoms with Crippen molar-refractivity contribution in [2.45, 2.75) is 43.3 Å². The van der Waals surface area contributed by atoms with E-state index in [1.807, 2.05) is 0 Å². The number of methoxy groups -OCH3 is 4. The Morgan fingerprint density at radius 2 is 1.64 bits per heavy atom. The van der Waals surface area contributed by atoms with Crippen LogP contribution in [0.15, 0.2) is 36.4 Å². The molecule has 2 aromatic heterocycles. The van der Waals surface area contributed by atoms with Gasteiger partial charge in [0.1, 0.15) is 28.6 Å². The van der Waals surface area contributed by atoms with Gasteiger partial charge in [-0.05, 0) is 43.9 Å². The molecular formula is C25H32N4O6S. The maximum Gasteiger partial charge on any atom is 0.213 e. The van der Waals surface area contributed by atoms with Crippen LogP contribution < -0.4 is 14.2 Å². The van der Waals surface area contributed by atoms with E-state index < -0.39 is 15.1 Å². The van der Waals surface area contributed by atoms with Crippen LogP contribution in [0.1, 0.15) is 32.0 Å². The third kappa shape index (κ3) is 4.90. The molecule has 10 nitrogen and oxygen atoms in total. The molecule has 194 valence electrons. The second-order valence-corrected chi connectivity index (χ2v) is 11.1. The lowest BCUT2D eigenvalue weighted by molar-refractivity contribution is 0.0193. The highest BCUT2D eigenvalue weighted by molar-refractivity contribution is 7.91. The first-order chi connectivity index (χ1) is 17.3. The van der Waals surface area contributed by atoms with E-state index in [0.29, 0.717) is 34.6 Å². The van der Waals surface area contributed by atoms with Crippen molar-refractivity contribution in [2.24, 2.45) is 5.92 Å². The largest absolute Gasteiger partial charge is 0.494 e. The smallest absolute Gasteiger partial charge is 0.213 e. The monoisotopic (exact) mass is 516 g/mol. The fourth-order valence-corrected chi connectivity index (χ4v) is 6.12. The van der Waals surface area contributed by atoms with E-state index in [1.165, 1.54) is 21.3 Å². The summed E-state index contributed by atoms with van der Waals surface area (Å²) in [5, 5.41) is 7.94. The van der Waals surface area contributed by atoms with Crippen LogP contribution >= 0.6 is 0 Å². The number of rotatable bonds is 11. The minimum absolute atomic E-state index is 0.215. The topological polar surface area (TPSA) is 115 Å². The predicted molar refractivity (Wildman–Crippen MR) is 134 cm³/mol. The number of nitrogens with zero attached hydrogens (tertiary/aromatic N) is 4. The zero-order chi connectivity index (χ0) is 25.9. The lowest BCUT2D eigenvalue weighted by atomic mass is 9.80. The molecule has 0 spiro atoms. The Labute approximate surface area is 211 Å². The summed E-state index contributed by atoms with van der Waals surface area (Å²) in [5.74, 6) is 1.76. The summed E-state index contributed by atoms with van der Waals surface area (Å²) in [6, 6.07) is 10.6. The summed E-state index contributed by atoms with van der Waals surface area (Å²) in [6.45, 7) is 1.71. The summed E-state index contributed by atoms with van der Waals surface area (Å²) < 4.78 is 51.0. The van der Waals surface area contributed by atoms with E-state index in [2.05, 4.69) is 15.2 Å². The molecule has 1 saturated carbocycles. The minimum atomic E-state index is -3.67. The van der Waals surface area contributed by atoms with Crippen molar-refractivity contribution in [1.82, 2.24) is 19.7 Å². The Hall–Kier alpha value is -3.18. The van der Waals surface area contributed by atoms with Crippen LogP contribution in [-0.2, 0) is 20.3 Å². The predicted octanol–water partition coefficient (Wildman–Crippen LogP) is 3.47. The van der Waals surface area contributed by atoms with Crippen molar-refractivity contribution in [3.05, 3.63) is 42.2 Å². The zero-order valence-electron chi connectivity index (χ0n) is 21.2. The number of hydrogen-bond donors (Lipinski definition) is 0. The Morgan fingerprint density at radius 1 is 0.972 bits per heavy atom. The number of hydrogen-bond acceptors (Lipinski definition) is 9. The molecule has 3 aromatic rings. The number of aromatic nitrogens is 4. The maximum absolute atomic E-state index is 13.6. The summed E-state index contributed by atoms with van der Waals surface area (Å²) in [6.07, 6.45) is 2.66. The Morgan fingerprint density at radius 3 is 2.19 bits per heavy atom. The lowest BCUT2D eigenvalue weighted by Gasteiger charge is -2.36. The standard InChI is InChI=1S/C25H32N4O6S/c1-16(24(35-5)17-9-6-10-17)36(30,31)15-21-27-28-25(18-11-7-14-22(26-18)34-4)29(21)23-19(32-2)12-8-13-20(23)33-3/h7-8,11-14,16-17,24H,6,9-10,15H2,1-5H3/t16-,24+/m0/s1. The molecule has 0 aliphatic heterocycles. The number of ether oxygens (including phenoxy) is 4. The highest BCUT2D eigenvalue weighted by Gasteiger charge is 2.39. The van der Waals surface area contributed by atoms with Crippen LogP contribution in [0.3, 0.4) is 0 Å². The van der Waals surface area contributed by atoms with Gasteiger partial charge >= 0.3 is 0 Å². The van der Waals surface area contributed by atoms with Crippen molar-refractivity contribution in [1.29, 1.82) is 0 Å². The van der Waals surface area contributed by atoms with E-state index in [-0.39, 0.29) is 23.6 Å². The first kappa shape index (κ1) is 25.9. The fourth-order valence-electron chi connectivity index (χ4n) is 4.57. The van der Waals surface area contributed by atoms with Crippen LogP contribution in [-0.4, -0.2) is 68.0 Å². The molecular weight excluding hydrogens is 484 g/mol. The molecule has 1 aliphatic rings. The minimum Gasteiger partial charge on any atom is -0.494 e. The van der Waals surface area contributed by atoms with Crippen LogP contribution in [0.25, 0.3) is 17.2 Å². The summed E-state index contributed by atoms with van der Waals surface area (Å²) >= 11 is 0. The van der Waals surface area contributed by atoms with Gasteiger partial charge in [-0.3, -0.25) is 4.57 Å². The first-order valence-corrected chi connectivity index (χ1v) is 13.5. The third-order valence-electron chi connectivity index (χ3n) is 6.76. The van der Waals surface area contributed by atoms with Crippen LogP contribution in [0, 0.1) is 5.92 Å². The fraction of sp³-hybridized carbons (Fsp3) is 0.480. The van der Waals surface area contributed by atoms with Crippen molar-refractivity contribution in [2.75, 3.05) is 28.4 Å². The summed E-state index contributed by atoms with van der Waals surface area (Å²) in [7, 11) is 2.49. The van der Waals surface area contributed by atoms with E-state index >= 15 is 0 Å². The zero-order valence-corrected chi connectivity index (χ0v) is 22.0. The van der Waals surface area contributed by atoms with Crippen molar-refractivity contribution in [3.8, 4) is 34.6 Å². The molecule has 2 atom stereocenters. The van der Waals surface area contributed by atoms with Gasteiger partial charge in [0, 0.05) is 13.2 Å². The molecule has 4 rings (SSSR count). The molecule has 1 aliphatic carbocycles. The van der Waals surface area contributed by atoms with Crippen LogP contribution in [0.5, 0.6) is 17.4 Å². The molecule has 36 heavy (non-hydrogen) atoms. The van der Waals surface area contributed by atoms with Crippen molar-refractivity contribution < 1.29 is 27.4 Å². The summed E-state index contributed by atoms with van der Waals surface area (Å²) in [4.78, 5) is 4.49. The molecule has 11 heteroatoms. The number of para-hydroxylation sites is 1. The highest BCUT2D eigenvalue weighted by Crippen LogP contribution is 2.38. The van der Waals surface area contributed by atoms with Crippen molar-refractivity contribution >= 4 is 9.84 Å². The molecule has 1 fully saturated rings. The molecule has 0 N–H and O–H groups in total. The van der Waals surface area contributed by atoms with E-state index in [4.69, 9.17) is 18.9 Å². The molecule has 0 unspecified atom stereocenters. The van der Waals surface area contributed by atoms with E-state index in [1.54, 1.807) is 55.0 Å². The Bertz CT molecular complexity index is 1280. The number of benzene rings is 1. The normalized spacial score (nSPS) is 15.7. The van der Waals surface area contributed by atoms with Gasteiger partial charge in [0.2, 0.25) is 5.88 Å². The van der Waals surface area contributed by atoms with Gasteiger partial charge in [-0.2, -0.15) is 0 Å². The van der Waals surface area contributed by atoms with Gasteiger partial charge in [0.05, 0.1) is 32.7 Å². The van der Waals surface area contributed by atoms with E-state index in [9.17, 15) is 8.42 Å². The second kappa shape index (κ2) is 10.8. The van der Waals surface area contributed by atoms with E-state index in [0.717, 1.165) is 19.3 Å². The summed E-state index contributed by atoms with van der Waals surface area (Å²) in [5.41, 5.74) is 0.933. The van der Waals surface area contributed by atoms with Gasteiger partial charge in [-0.1, -0.05) is 18.6 Å². The highest BCUT2D eigenvalue weighted by atomic mass is 32.2. The Kier molecular flexibility index (Phi) is 7.79. The maximum atomic E-state index is 13.6. The van der Waals surface area contributed by atoms with Gasteiger partial charge in [-0.15, -0.1) is 10.2 Å². The van der Waals surface area contributed by atoms with Gasteiger partial charge in [-0.25, -0.2) is 13.4 Å². The van der Waals surface area contributed by atoms with Crippen LogP contribution in [0.4, 0.5) is 0 Å². The molecule has 0 radical (unpaired) electrons. The lowest BCUT2D eigenvalue weighted by Crippen LogP contribution is -2.42. The Balaban J connectivity index is 1.85. The molecule has 0 bridgehead atoms. The quantitative estimate of drug-likeness (QED) is 0.378. The first-order valence-electron chi connectivity index (χ1n) is 11.8. The van der Waals surface area contributed by atoms with Crippen molar-refractivity contribution in [3.63, 3.8) is 0 Å².